The molecule has 0 bridgehead atoms. The van der Waals surface area contributed by atoms with E-state index in [1.54, 1.807) is 4.90 Å². The predicted octanol–water partition coefficient (Wildman–Crippen LogP) is 0.652. The van der Waals surface area contributed by atoms with Crippen LogP contribution >= 0.6 is 0 Å². The Balaban J connectivity index is 1.45. The molecule has 0 aliphatic carbocycles. The summed E-state index contributed by atoms with van der Waals surface area (Å²) in [5, 5.41) is 12.1. The van der Waals surface area contributed by atoms with Crippen molar-refractivity contribution in [2.75, 3.05) is 45.9 Å². The second kappa shape index (κ2) is 8.64. The third kappa shape index (κ3) is 4.43. The summed E-state index contributed by atoms with van der Waals surface area (Å²) in [6.07, 6.45) is 3.50. The smallest absolute Gasteiger partial charge is 0.234 e. The molecule has 0 radical (unpaired) electrons. The van der Waals surface area contributed by atoms with Crippen molar-refractivity contribution in [2.24, 2.45) is 5.41 Å². The number of likely N-dealkylation sites (tertiary alicyclic amines) is 2. The normalized spacial score (nSPS) is 23.6. The van der Waals surface area contributed by atoms with Crippen LogP contribution in [0, 0.1) is 5.41 Å². The number of nitrogens with zero attached hydrogens (tertiary/aromatic N) is 2. The number of aliphatic hydroxyl groups is 1. The zero-order valence-electron chi connectivity index (χ0n) is 15.3. The van der Waals surface area contributed by atoms with E-state index in [0.29, 0.717) is 26.2 Å². The number of rotatable bonds is 7. The van der Waals surface area contributed by atoms with E-state index in [0.717, 1.165) is 38.8 Å². The number of aliphatic hydroxyl groups excluding tert-OH is 1. The van der Waals surface area contributed by atoms with Crippen molar-refractivity contribution in [3.05, 3.63) is 35.9 Å². The lowest BCUT2D eigenvalue weighted by Crippen LogP contribution is -2.51. The molecule has 0 unspecified atom stereocenters. The Morgan fingerprint density at radius 2 is 2.00 bits per heavy atom. The number of benzene rings is 1. The van der Waals surface area contributed by atoms with Crippen molar-refractivity contribution in [2.45, 2.75) is 25.7 Å². The number of carbonyl (C=O) groups is 2. The van der Waals surface area contributed by atoms with Crippen LogP contribution in [0.25, 0.3) is 0 Å². The SMILES string of the molecule is O=C(CN1CC[C@@]2(CCCN(CCO)C2=O)C1)NCCc1ccccc1. The molecule has 2 amide bonds. The van der Waals surface area contributed by atoms with Gasteiger partial charge in [-0.25, -0.2) is 0 Å². The van der Waals surface area contributed by atoms with Crippen LogP contribution in [0.4, 0.5) is 0 Å². The van der Waals surface area contributed by atoms with Crippen molar-refractivity contribution in [3.8, 4) is 0 Å². The molecule has 0 aromatic heterocycles. The van der Waals surface area contributed by atoms with Crippen LogP contribution in [0.1, 0.15) is 24.8 Å². The lowest BCUT2D eigenvalue weighted by Gasteiger charge is -2.39. The second-order valence-corrected chi connectivity index (χ2v) is 7.45. The highest BCUT2D eigenvalue weighted by atomic mass is 16.3. The number of hydrogen-bond donors (Lipinski definition) is 2. The fraction of sp³-hybridized carbons (Fsp3) is 0.600. The Bertz CT molecular complexity index is 620. The Hall–Kier alpha value is -1.92. The number of β-amino-alcohol motifs (C(OH)–C–C–N with tert-alkyl or cyclic N) is 1. The number of amides is 2. The van der Waals surface area contributed by atoms with E-state index >= 15 is 0 Å². The van der Waals surface area contributed by atoms with Crippen LogP contribution in [0.3, 0.4) is 0 Å². The fourth-order valence-electron chi connectivity index (χ4n) is 4.21. The van der Waals surface area contributed by atoms with Crippen molar-refractivity contribution in [1.29, 1.82) is 0 Å². The van der Waals surface area contributed by atoms with Gasteiger partial charge in [0, 0.05) is 26.2 Å². The lowest BCUT2D eigenvalue weighted by molar-refractivity contribution is -0.146. The Morgan fingerprint density at radius 1 is 1.19 bits per heavy atom. The standard InChI is InChI=1S/C20H29N3O3/c24-14-13-23-11-4-8-20(19(23)26)9-12-22(16-20)15-18(25)21-10-7-17-5-2-1-3-6-17/h1-3,5-6,24H,4,7-16H2,(H,21,25)/t20-/m0/s1. The van der Waals surface area contributed by atoms with Gasteiger partial charge in [-0.05, 0) is 37.8 Å². The molecule has 0 saturated carbocycles. The molecule has 2 aliphatic heterocycles. The zero-order chi connectivity index (χ0) is 18.4. The van der Waals surface area contributed by atoms with Crippen molar-refractivity contribution < 1.29 is 14.7 Å². The largest absolute Gasteiger partial charge is 0.395 e. The lowest BCUT2D eigenvalue weighted by atomic mass is 9.78. The molecule has 2 N–H and O–H groups in total. The maximum absolute atomic E-state index is 12.8. The number of piperidine rings is 1. The highest BCUT2D eigenvalue weighted by Crippen LogP contribution is 2.39. The van der Waals surface area contributed by atoms with Crippen LogP contribution in [-0.2, 0) is 16.0 Å². The summed E-state index contributed by atoms with van der Waals surface area (Å²) in [6, 6.07) is 10.1. The summed E-state index contributed by atoms with van der Waals surface area (Å²) in [5.74, 6) is 0.179. The maximum Gasteiger partial charge on any atom is 0.234 e. The number of hydrogen-bond acceptors (Lipinski definition) is 4. The third-order valence-electron chi connectivity index (χ3n) is 5.57. The molecule has 6 nitrogen and oxygen atoms in total. The van der Waals surface area contributed by atoms with Crippen molar-refractivity contribution in [1.82, 2.24) is 15.1 Å². The Kier molecular flexibility index (Phi) is 6.27. The first kappa shape index (κ1) is 18.9. The summed E-state index contributed by atoms with van der Waals surface area (Å²) in [5.41, 5.74) is 0.863. The van der Waals surface area contributed by atoms with E-state index in [1.807, 2.05) is 18.2 Å². The molecule has 6 heteroatoms. The molecule has 3 rings (SSSR count). The molecule has 26 heavy (non-hydrogen) atoms. The summed E-state index contributed by atoms with van der Waals surface area (Å²) >= 11 is 0. The number of carbonyl (C=O) groups excluding carboxylic acids is 2. The first-order valence-electron chi connectivity index (χ1n) is 9.56. The summed E-state index contributed by atoms with van der Waals surface area (Å²) in [4.78, 5) is 28.9. The third-order valence-corrected chi connectivity index (χ3v) is 5.57. The summed E-state index contributed by atoms with van der Waals surface area (Å²) in [6.45, 7) is 3.58. The van der Waals surface area contributed by atoms with Crippen molar-refractivity contribution >= 4 is 11.8 Å². The summed E-state index contributed by atoms with van der Waals surface area (Å²) in [7, 11) is 0. The van der Waals surface area contributed by atoms with Crippen LogP contribution in [-0.4, -0.2) is 72.6 Å². The van der Waals surface area contributed by atoms with Gasteiger partial charge in [0.15, 0.2) is 0 Å². The van der Waals surface area contributed by atoms with Gasteiger partial charge in [0.25, 0.3) is 0 Å². The van der Waals surface area contributed by atoms with Gasteiger partial charge in [-0.3, -0.25) is 14.5 Å². The Labute approximate surface area is 155 Å². The Morgan fingerprint density at radius 3 is 2.77 bits per heavy atom. The van der Waals surface area contributed by atoms with Gasteiger partial charge in [-0.1, -0.05) is 30.3 Å². The first-order chi connectivity index (χ1) is 12.6. The maximum atomic E-state index is 12.8. The predicted molar refractivity (Wildman–Crippen MR) is 99.5 cm³/mol. The van der Waals surface area contributed by atoms with Crippen LogP contribution in [0.15, 0.2) is 30.3 Å². The first-order valence-corrected chi connectivity index (χ1v) is 9.56. The average molecular weight is 359 g/mol. The van der Waals surface area contributed by atoms with Crippen LogP contribution in [0.5, 0.6) is 0 Å². The number of nitrogens with one attached hydrogen (secondary N) is 1. The molecular formula is C20H29N3O3. The molecule has 1 atom stereocenters. The minimum absolute atomic E-state index is 0.00928. The van der Waals surface area contributed by atoms with E-state index in [9.17, 15) is 9.59 Å². The minimum atomic E-state index is -0.349. The minimum Gasteiger partial charge on any atom is -0.395 e. The monoisotopic (exact) mass is 359 g/mol. The van der Waals surface area contributed by atoms with Gasteiger partial charge in [0.2, 0.25) is 11.8 Å². The van der Waals surface area contributed by atoms with E-state index in [4.69, 9.17) is 5.11 Å². The molecular weight excluding hydrogens is 330 g/mol. The molecule has 2 aliphatic rings. The quantitative estimate of drug-likeness (QED) is 0.750. The average Bonchev–Trinajstić information content (AvgIpc) is 3.04. The molecule has 2 saturated heterocycles. The van der Waals surface area contributed by atoms with Crippen molar-refractivity contribution in [3.63, 3.8) is 0 Å². The molecule has 2 heterocycles. The van der Waals surface area contributed by atoms with Crippen LogP contribution < -0.4 is 5.32 Å². The molecule has 142 valence electrons. The molecule has 1 aromatic rings. The topological polar surface area (TPSA) is 72.9 Å². The van der Waals surface area contributed by atoms with E-state index < -0.39 is 0 Å². The van der Waals surface area contributed by atoms with Crippen LogP contribution in [0.2, 0.25) is 0 Å². The zero-order valence-corrected chi connectivity index (χ0v) is 15.3. The molecule has 2 fully saturated rings. The van der Waals surface area contributed by atoms with Gasteiger partial charge in [0.05, 0.1) is 18.6 Å². The molecule has 1 aromatic carbocycles. The van der Waals surface area contributed by atoms with E-state index in [-0.39, 0.29) is 23.8 Å². The summed E-state index contributed by atoms with van der Waals surface area (Å²) < 4.78 is 0. The van der Waals surface area contributed by atoms with Gasteiger partial charge in [-0.15, -0.1) is 0 Å². The van der Waals surface area contributed by atoms with Gasteiger partial charge >= 0.3 is 0 Å². The van der Waals surface area contributed by atoms with Gasteiger partial charge in [-0.2, -0.15) is 0 Å². The molecule has 1 spiro atoms. The van der Waals surface area contributed by atoms with E-state index in [2.05, 4.69) is 22.3 Å². The highest BCUT2D eigenvalue weighted by Gasteiger charge is 2.48. The second-order valence-electron chi connectivity index (χ2n) is 7.45. The fourth-order valence-corrected chi connectivity index (χ4v) is 4.21. The van der Waals surface area contributed by atoms with E-state index in [1.165, 1.54) is 5.56 Å². The van der Waals surface area contributed by atoms with Gasteiger partial charge in [0.1, 0.15) is 0 Å². The van der Waals surface area contributed by atoms with Gasteiger partial charge < -0.3 is 15.3 Å². The highest BCUT2D eigenvalue weighted by molar-refractivity contribution is 5.84.